The number of carbonyl (C=O) groups is 1. The zero-order valence-electron chi connectivity index (χ0n) is 12.2. The molecule has 1 amide bonds. The molecule has 1 aliphatic rings. The third-order valence-electron chi connectivity index (χ3n) is 4.03. The van der Waals surface area contributed by atoms with Crippen molar-refractivity contribution in [1.29, 1.82) is 0 Å². The molecule has 0 radical (unpaired) electrons. The SMILES string of the molecule is Cc1ccsc1C(=O)N1CC[C@H](O)[C@H]1Cc1cnn(C)c1. The van der Waals surface area contributed by atoms with E-state index in [2.05, 4.69) is 5.10 Å². The topological polar surface area (TPSA) is 58.4 Å². The molecule has 1 N–H and O–H groups in total. The lowest BCUT2D eigenvalue weighted by atomic mass is 10.0. The van der Waals surface area contributed by atoms with Crippen molar-refractivity contribution >= 4 is 17.2 Å². The highest BCUT2D eigenvalue weighted by Gasteiger charge is 2.37. The van der Waals surface area contributed by atoms with Crippen LogP contribution in [0.3, 0.4) is 0 Å². The number of nitrogens with zero attached hydrogens (tertiary/aromatic N) is 3. The summed E-state index contributed by atoms with van der Waals surface area (Å²) in [5, 5.41) is 16.3. The van der Waals surface area contributed by atoms with Crippen molar-refractivity contribution in [3.8, 4) is 0 Å². The van der Waals surface area contributed by atoms with Crippen LogP contribution < -0.4 is 0 Å². The van der Waals surface area contributed by atoms with E-state index in [0.717, 1.165) is 16.0 Å². The summed E-state index contributed by atoms with van der Waals surface area (Å²) in [4.78, 5) is 15.3. The first-order valence-corrected chi connectivity index (χ1v) is 7.95. The van der Waals surface area contributed by atoms with Crippen LogP contribution in [-0.4, -0.2) is 44.4 Å². The lowest BCUT2D eigenvalue weighted by molar-refractivity contribution is 0.0644. The summed E-state index contributed by atoms with van der Waals surface area (Å²) < 4.78 is 1.74. The number of hydrogen-bond donors (Lipinski definition) is 1. The molecule has 112 valence electrons. The molecule has 3 rings (SSSR count). The zero-order chi connectivity index (χ0) is 15.0. The number of aryl methyl sites for hydroxylation is 2. The quantitative estimate of drug-likeness (QED) is 0.937. The second-order valence-electron chi connectivity index (χ2n) is 5.58. The molecule has 0 saturated carbocycles. The predicted octanol–water partition coefficient (Wildman–Crippen LogP) is 1.61. The first-order valence-electron chi connectivity index (χ1n) is 7.07. The van der Waals surface area contributed by atoms with Crippen LogP contribution in [0, 0.1) is 6.92 Å². The molecule has 1 saturated heterocycles. The fourth-order valence-electron chi connectivity index (χ4n) is 2.88. The van der Waals surface area contributed by atoms with E-state index in [9.17, 15) is 9.90 Å². The lowest BCUT2D eigenvalue weighted by Gasteiger charge is -2.26. The van der Waals surface area contributed by atoms with Gasteiger partial charge < -0.3 is 10.0 Å². The smallest absolute Gasteiger partial charge is 0.264 e. The van der Waals surface area contributed by atoms with Crippen molar-refractivity contribution in [1.82, 2.24) is 14.7 Å². The molecule has 0 spiro atoms. The molecule has 0 bridgehead atoms. The van der Waals surface area contributed by atoms with Crippen molar-refractivity contribution in [3.05, 3.63) is 39.8 Å². The zero-order valence-corrected chi connectivity index (χ0v) is 13.0. The molecule has 0 unspecified atom stereocenters. The minimum atomic E-state index is -0.463. The molecule has 1 fully saturated rings. The van der Waals surface area contributed by atoms with Crippen molar-refractivity contribution in [2.75, 3.05) is 6.54 Å². The largest absolute Gasteiger partial charge is 0.391 e. The van der Waals surface area contributed by atoms with Gasteiger partial charge in [0.2, 0.25) is 0 Å². The molecule has 6 heteroatoms. The Hall–Kier alpha value is -1.66. The van der Waals surface area contributed by atoms with Gasteiger partial charge in [0.1, 0.15) is 0 Å². The Labute approximate surface area is 127 Å². The molecule has 0 aromatic carbocycles. The number of hydrogen-bond acceptors (Lipinski definition) is 4. The lowest BCUT2D eigenvalue weighted by Crippen LogP contribution is -2.41. The van der Waals surface area contributed by atoms with Crippen molar-refractivity contribution in [3.63, 3.8) is 0 Å². The summed E-state index contributed by atoms with van der Waals surface area (Å²) in [5.74, 6) is 0.0351. The molecule has 2 aromatic heterocycles. The summed E-state index contributed by atoms with van der Waals surface area (Å²) in [6.07, 6.45) is 4.55. The Kier molecular flexibility index (Phi) is 3.82. The number of likely N-dealkylation sites (tertiary alicyclic amines) is 1. The van der Waals surface area contributed by atoms with Crippen LogP contribution in [0.5, 0.6) is 0 Å². The average Bonchev–Trinajstić information content (AvgIpc) is 3.13. The Morgan fingerprint density at radius 1 is 1.57 bits per heavy atom. The van der Waals surface area contributed by atoms with Crippen molar-refractivity contribution in [2.24, 2.45) is 7.05 Å². The molecule has 0 aliphatic carbocycles. The summed E-state index contributed by atoms with van der Waals surface area (Å²) in [6, 6.07) is 1.80. The first-order chi connectivity index (χ1) is 10.1. The molecule has 5 nitrogen and oxygen atoms in total. The van der Waals surface area contributed by atoms with E-state index in [-0.39, 0.29) is 11.9 Å². The minimum absolute atomic E-state index is 0.0351. The van der Waals surface area contributed by atoms with Crippen LogP contribution >= 0.6 is 11.3 Å². The number of aromatic nitrogens is 2. The van der Waals surface area contributed by atoms with Gasteiger partial charge in [-0.15, -0.1) is 11.3 Å². The summed E-state index contributed by atoms with van der Waals surface area (Å²) in [6.45, 7) is 2.56. The third-order valence-corrected chi connectivity index (χ3v) is 5.04. The van der Waals surface area contributed by atoms with Crippen LogP contribution in [0.4, 0.5) is 0 Å². The highest BCUT2D eigenvalue weighted by molar-refractivity contribution is 7.12. The molecule has 3 heterocycles. The monoisotopic (exact) mass is 305 g/mol. The van der Waals surface area contributed by atoms with Crippen LogP contribution in [0.25, 0.3) is 0 Å². The Bertz CT molecular complexity index is 649. The average molecular weight is 305 g/mol. The van der Waals surface area contributed by atoms with Gasteiger partial charge >= 0.3 is 0 Å². The maximum absolute atomic E-state index is 12.7. The second kappa shape index (κ2) is 5.61. The van der Waals surface area contributed by atoms with Crippen LogP contribution in [0.1, 0.15) is 27.2 Å². The number of rotatable bonds is 3. The predicted molar refractivity (Wildman–Crippen MR) is 81.4 cm³/mol. The number of carbonyl (C=O) groups excluding carboxylic acids is 1. The highest BCUT2D eigenvalue weighted by atomic mass is 32.1. The Morgan fingerprint density at radius 2 is 2.38 bits per heavy atom. The normalized spacial score (nSPS) is 22.0. The van der Waals surface area contributed by atoms with Crippen molar-refractivity contribution < 1.29 is 9.90 Å². The fourth-order valence-corrected chi connectivity index (χ4v) is 3.76. The van der Waals surface area contributed by atoms with Gasteiger partial charge in [-0.1, -0.05) is 0 Å². The number of amides is 1. The van der Waals surface area contributed by atoms with Gasteiger partial charge in [-0.3, -0.25) is 9.48 Å². The minimum Gasteiger partial charge on any atom is -0.391 e. The molecule has 1 aliphatic heterocycles. The number of thiophene rings is 1. The van der Waals surface area contributed by atoms with Crippen LogP contribution in [-0.2, 0) is 13.5 Å². The summed E-state index contributed by atoms with van der Waals surface area (Å²) in [5.41, 5.74) is 2.05. The highest BCUT2D eigenvalue weighted by Crippen LogP contribution is 2.26. The van der Waals surface area contributed by atoms with Crippen molar-refractivity contribution in [2.45, 2.75) is 31.9 Å². The van der Waals surface area contributed by atoms with Gasteiger partial charge in [0.05, 0.1) is 23.2 Å². The maximum atomic E-state index is 12.7. The van der Waals surface area contributed by atoms with E-state index in [1.54, 1.807) is 10.9 Å². The number of aliphatic hydroxyl groups is 1. The number of aliphatic hydroxyl groups excluding tert-OH is 1. The van der Waals surface area contributed by atoms with E-state index < -0.39 is 6.10 Å². The first kappa shape index (κ1) is 14.3. The van der Waals surface area contributed by atoms with E-state index in [1.807, 2.05) is 36.5 Å². The maximum Gasteiger partial charge on any atom is 0.264 e. The van der Waals surface area contributed by atoms with E-state index in [0.29, 0.717) is 19.4 Å². The van der Waals surface area contributed by atoms with Gasteiger partial charge in [-0.25, -0.2) is 0 Å². The Balaban J connectivity index is 1.80. The second-order valence-corrected chi connectivity index (χ2v) is 6.50. The van der Waals surface area contributed by atoms with Crippen LogP contribution in [0.2, 0.25) is 0 Å². The van der Waals surface area contributed by atoms with E-state index in [1.165, 1.54) is 11.3 Å². The van der Waals surface area contributed by atoms with Gasteiger partial charge in [0.15, 0.2) is 0 Å². The molecule has 21 heavy (non-hydrogen) atoms. The van der Waals surface area contributed by atoms with E-state index >= 15 is 0 Å². The summed E-state index contributed by atoms with van der Waals surface area (Å²) >= 11 is 1.47. The van der Waals surface area contributed by atoms with Crippen LogP contribution in [0.15, 0.2) is 23.8 Å². The van der Waals surface area contributed by atoms with Gasteiger partial charge in [0, 0.05) is 19.8 Å². The third kappa shape index (κ3) is 2.73. The Morgan fingerprint density at radius 3 is 3.00 bits per heavy atom. The molecule has 2 aromatic rings. The van der Waals surface area contributed by atoms with Gasteiger partial charge in [-0.2, -0.15) is 5.10 Å². The van der Waals surface area contributed by atoms with E-state index in [4.69, 9.17) is 0 Å². The molecule has 2 atom stereocenters. The van der Waals surface area contributed by atoms with Gasteiger partial charge in [-0.05, 0) is 42.3 Å². The fraction of sp³-hybridized carbons (Fsp3) is 0.467. The standard InChI is InChI=1S/C15H19N3O2S/c1-10-4-6-21-14(10)15(20)18-5-3-13(19)12(18)7-11-8-16-17(2)9-11/h4,6,8-9,12-13,19H,3,5,7H2,1-2H3/t12-,13+/m1/s1. The molecular weight excluding hydrogens is 286 g/mol. The van der Waals surface area contributed by atoms with Gasteiger partial charge in [0.25, 0.3) is 5.91 Å². The summed E-state index contributed by atoms with van der Waals surface area (Å²) in [7, 11) is 1.87. The molecular formula is C15H19N3O2S.